The van der Waals surface area contributed by atoms with Crippen molar-refractivity contribution in [3.8, 4) is 17.3 Å². The van der Waals surface area contributed by atoms with Gasteiger partial charge >= 0.3 is 0 Å². The summed E-state index contributed by atoms with van der Waals surface area (Å²) in [5.41, 5.74) is 3.14. The first kappa shape index (κ1) is 21.3. The molecule has 0 spiro atoms. The molecular weight excluding hydrogens is 418 g/mol. The molecule has 0 saturated carbocycles. The lowest BCUT2D eigenvalue weighted by atomic mass is 9.98. The third-order valence-corrected chi connectivity index (χ3v) is 6.34. The monoisotopic (exact) mass is 439 g/mol. The summed E-state index contributed by atoms with van der Waals surface area (Å²) in [5, 5.41) is 15.2. The van der Waals surface area contributed by atoms with Crippen molar-refractivity contribution in [3.63, 3.8) is 0 Å². The van der Waals surface area contributed by atoms with Crippen molar-refractivity contribution in [1.82, 2.24) is 10.2 Å². The zero-order chi connectivity index (χ0) is 22.5. The van der Waals surface area contributed by atoms with Gasteiger partial charge in [0.05, 0.1) is 0 Å². The van der Waals surface area contributed by atoms with Crippen LogP contribution in [0.3, 0.4) is 0 Å². The SMILES string of the molecule is CN(C#N)C(=O)C(Cc1csc2ccccc12)NC(=O)c1ccccc1-c1ccccc1. The van der Waals surface area contributed by atoms with Crippen LogP contribution < -0.4 is 5.32 Å². The molecule has 158 valence electrons. The van der Waals surface area contributed by atoms with E-state index in [4.69, 9.17) is 0 Å². The Morgan fingerprint density at radius 2 is 1.69 bits per heavy atom. The maximum Gasteiger partial charge on any atom is 0.258 e. The molecule has 1 heterocycles. The number of rotatable bonds is 6. The topological polar surface area (TPSA) is 73.2 Å². The second kappa shape index (κ2) is 9.46. The van der Waals surface area contributed by atoms with Crippen molar-refractivity contribution in [1.29, 1.82) is 5.26 Å². The number of carbonyl (C=O) groups excluding carboxylic acids is 2. The molecule has 0 aliphatic carbocycles. The highest BCUT2D eigenvalue weighted by Crippen LogP contribution is 2.27. The molecule has 5 nitrogen and oxygen atoms in total. The summed E-state index contributed by atoms with van der Waals surface area (Å²) in [6, 6.07) is 24.0. The van der Waals surface area contributed by atoms with Crippen LogP contribution in [0.2, 0.25) is 0 Å². The van der Waals surface area contributed by atoms with Crippen LogP contribution in [0.15, 0.2) is 84.2 Å². The van der Waals surface area contributed by atoms with E-state index in [0.717, 1.165) is 31.7 Å². The molecular formula is C26H21N3O2S. The molecule has 6 heteroatoms. The zero-order valence-electron chi connectivity index (χ0n) is 17.5. The number of fused-ring (bicyclic) bond motifs is 1. The smallest absolute Gasteiger partial charge is 0.258 e. The Morgan fingerprint density at radius 1 is 1.00 bits per heavy atom. The number of amides is 2. The van der Waals surface area contributed by atoms with E-state index in [1.165, 1.54) is 7.05 Å². The van der Waals surface area contributed by atoms with Gasteiger partial charge in [0, 0.05) is 23.7 Å². The fraction of sp³-hybridized carbons (Fsp3) is 0.115. The lowest BCUT2D eigenvalue weighted by molar-refractivity contribution is -0.129. The molecule has 0 saturated heterocycles. The van der Waals surface area contributed by atoms with Crippen LogP contribution in [-0.4, -0.2) is 29.8 Å². The number of likely N-dealkylation sites (N-methyl/N-ethyl adjacent to an activating group) is 1. The van der Waals surface area contributed by atoms with Gasteiger partial charge in [0.2, 0.25) is 0 Å². The first-order valence-electron chi connectivity index (χ1n) is 10.2. The minimum Gasteiger partial charge on any atom is -0.340 e. The molecule has 0 aliphatic rings. The first-order valence-corrected chi connectivity index (χ1v) is 11.0. The summed E-state index contributed by atoms with van der Waals surface area (Å²) in [6.07, 6.45) is 2.15. The van der Waals surface area contributed by atoms with E-state index >= 15 is 0 Å². The van der Waals surface area contributed by atoms with Gasteiger partial charge in [-0.15, -0.1) is 11.3 Å². The van der Waals surface area contributed by atoms with Crippen molar-refractivity contribution in [3.05, 3.63) is 95.4 Å². The number of thiophene rings is 1. The number of hydrogen-bond donors (Lipinski definition) is 1. The van der Waals surface area contributed by atoms with E-state index in [1.54, 1.807) is 23.5 Å². The van der Waals surface area contributed by atoms with Crippen molar-refractivity contribution < 1.29 is 9.59 Å². The average Bonchev–Trinajstić information content (AvgIpc) is 3.26. The molecule has 1 N–H and O–H groups in total. The molecule has 32 heavy (non-hydrogen) atoms. The summed E-state index contributed by atoms with van der Waals surface area (Å²) >= 11 is 1.59. The van der Waals surface area contributed by atoms with Crippen LogP contribution in [0, 0.1) is 11.5 Å². The minimum atomic E-state index is -0.867. The van der Waals surface area contributed by atoms with E-state index in [9.17, 15) is 14.9 Å². The highest BCUT2D eigenvalue weighted by atomic mass is 32.1. The molecule has 0 aliphatic heterocycles. The highest BCUT2D eigenvalue weighted by Gasteiger charge is 2.27. The third kappa shape index (κ3) is 4.39. The molecule has 4 aromatic rings. The van der Waals surface area contributed by atoms with Gasteiger partial charge in [0.15, 0.2) is 6.19 Å². The van der Waals surface area contributed by atoms with Crippen LogP contribution in [-0.2, 0) is 11.2 Å². The van der Waals surface area contributed by atoms with E-state index in [0.29, 0.717) is 12.0 Å². The summed E-state index contributed by atoms with van der Waals surface area (Å²) in [4.78, 5) is 27.2. The van der Waals surface area contributed by atoms with Gasteiger partial charge in [-0.1, -0.05) is 66.7 Å². The summed E-state index contributed by atoms with van der Waals surface area (Å²) in [6.45, 7) is 0. The molecule has 0 fully saturated rings. The van der Waals surface area contributed by atoms with Crippen molar-refractivity contribution >= 4 is 33.2 Å². The van der Waals surface area contributed by atoms with Crippen molar-refractivity contribution in [2.75, 3.05) is 7.05 Å². The molecule has 1 unspecified atom stereocenters. The van der Waals surface area contributed by atoms with E-state index in [2.05, 4.69) is 5.32 Å². The first-order chi connectivity index (χ1) is 15.6. The Hall–Kier alpha value is -3.95. The van der Waals surface area contributed by atoms with E-state index in [-0.39, 0.29) is 5.91 Å². The van der Waals surface area contributed by atoms with E-state index < -0.39 is 11.9 Å². The fourth-order valence-electron chi connectivity index (χ4n) is 3.68. The minimum absolute atomic E-state index is 0.300. The Balaban J connectivity index is 1.66. The molecule has 1 atom stereocenters. The molecule has 3 aromatic carbocycles. The molecule has 0 bridgehead atoms. The zero-order valence-corrected chi connectivity index (χ0v) is 18.3. The predicted molar refractivity (Wildman–Crippen MR) is 127 cm³/mol. The average molecular weight is 440 g/mol. The number of carbonyl (C=O) groups is 2. The third-order valence-electron chi connectivity index (χ3n) is 5.33. The number of nitrogens with zero attached hydrogens (tertiary/aromatic N) is 2. The molecule has 2 amide bonds. The molecule has 1 aromatic heterocycles. The van der Waals surface area contributed by atoms with Gasteiger partial charge in [-0.2, -0.15) is 5.26 Å². The Bertz CT molecular complexity index is 1310. The van der Waals surface area contributed by atoms with Crippen molar-refractivity contribution in [2.45, 2.75) is 12.5 Å². The maximum absolute atomic E-state index is 13.3. The fourth-order valence-corrected chi connectivity index (χ4v) is 4.66. The molecule has 4 rings (SSSR count). The van der Waals surface area contributed by atoms with Crippen LogP contribution in [0.1, 0.15) is 15.9 Å². The number of nitrogens with one attached hydrogen (secondary N) is 1. The lowest BCUT2D eigenvalue weighted by Gasteiger charge is -2.21. The Labute approximate surface area is 190 Å². The Kier molecular flexibility index (Phi) is 6.29. The van der Waals surface area contributed by atoms with Crippen LogP contribution >= 0.6 is 11.3 Å². The van der Waals surface area contributed by atoms with Crippen molar-refractivity contribution in [2.24, 2.45) is 0 Å². The quantitative estimate of drug-likeness (QED) is 0.345. The maximum atomic E-state index is 13.3. The highest BCUT2D eigenvalue weighted by molar-refractivity contribution is 7.17. The number of benzene rings is 3. The second-order valence-corrected chi connectivity index (χ2v) is 8.31. The largest absolute Gasteiger partial charge is 0.340 e. The standard InChI is InChI=1S/C26H21N3O2S/c1-29(17-27)26(31)23(15-19-16-32-24-14-8-7-12-21(19)24)28-25(30)22-13-6-5-11-20(22)18-9-3-2-4-10-18/h2-14,16,23H,15H2,1H3,(H,28,30). The van der Waals surface area contributed by atoms with Gasteiger partial charge in [-0.3, -0.25) is 14.5 Å². The summed E-state index contributed by atoms with van der Waals surface area (Å²) < 4.78 is 1.11. The molecule has 0 radical (unpaired) electrons. The van der Waals surface area contributed by atoms with Crippen LogP contribution in [0.5, 0.6) is 0 Å². The van der Waals surface area contributed by atoms with E-state index in [1.807, 2.05) is 78.3 Å². The van der Waals surface area contributed by atoms with Gasteiger partial charge in [0.1, 0.15) is 6.04 Å². The summed E-state index contributed by atoms with van der Waals surface area (Å²) in [5.74, 6) is -0.804. The second-order valence-electron chi connectivity index (χ2n) is 7.40. The Morgan fingerprint density at radius 3 is 2.47 bits per heavy atom. The van der Waals surface area contributed by atoms with Gasteiger partial charge < -0.3 is 5.32 Å². The van der Waals surface area contributed by atoms with Gasteiger partial charge in [0.25, 0.3) is 11.8 Å². The van der Waals surface area contributed by atoms with Gasteiger partial charge in [-0.05, 0) is 39.6 Å². The normalized spacial score (nSPS) is 11.5. The number of nitriles is 1. The van der Waals surface area contributed by atoms with Crippen LogP contribution in [0.4, 0.5) is 0 Å². The van der Waals surface area contributed by atoms with Crippen LogP contribution in [0.25, 0.3) is 21.2 Å². The predicted octanol–water partition coefficient (Wildman–Crippen LogP) is 4.85. The summed E-state index contributed by atoms with van der Waals surface area (Å²) in [7, 11) is 1.41. The lowest BCUT2D eigenvalue weighted by Crippen LogP contribution is -2.47. The van der Waals surface area contributed by atoms with Gasteiger partial charge in [-0.25, -0.2) is 0 Å². The number of hydrogen-bond acceptors (Lipinski definition) is 4.